The van der Waals surface area contributed by atoms with Gasteiger partial charge >= 0.3 is 0 Å². The van der Waals surface area contributed by atoms with Gasteiger partial charge in [0.25, 0.3) is 6.04 Å². The van der Waals surface area contributed by atoms with Crippen LogP contribution >= 0.6 is 0 Å². The third kappa shape index (κ3) is 3.68. The molecule has 0 bridgehead atoms. The Labute approximate surface area is 189 Å². The predicted octanol–water partition coefficient (Wildman–Crippen LogP) is 6.93. The van der Waals surface area contributed by atoms with E-state index >= 15 is 0 Å². The Morgan fingerprint density at radius 3 is 2.32 bits per heavy atom. The molecule has 176 valence electrons. The van der Waals surface area contributed by atoms with Gasteiger partial charge in [-0.2, -0.15) is 0 Å². The van der Waals surface area contributed by atoms with Crippen LogP contribution in [0.25, 0.3) is 0 Å². The smallest absolute Gasteiger partial charge is 0.273 e. The van der Waals surface area contributed by atoms with E-state index < -0.39 is 6.04 Å². The van der Waals surface area contributed by atoms with Crippen molar-refractivity contribution in [2.24, 2.45) is 52.3 Å². The number of Topliss-reactive ketones (excluding diaryl/α,β-unsaturated/α-hetero) is 1. The molecule has 4 nitrogen and oxygen atoms in total. The summed E-state index contributed by atoms with van der Waals surface area (Å²) in [6.07, 6.45) is 12.7. The molecule has 0 aromatic rings. The number of ketones is 1. The van der Waals surface area contributed by atoms with Crippen LogP contribution in [0, 0.1) is 62.4 Å². The van der Waals surface area contributed by atoms with Gasteiger partial charge in [-0.25, -0.2) is 0 Å². The number of hydrogen-bond acceptors (Lipinski definition) is 3. The van der Waals surface area contributed by atoms with Crippen molar-refractivity contribution in [3.8, 4) is 0 Å². The second-order valence-electron chi connectivity index (χ2n) is 12.8. The lowest BCUT2D eigenvalue weighted by Crippen LogP contribution is -2.63. The molecular formula is C27H45NO3. The van der Waals surface area contributed by atoms with Crippen LogP contribution in [0.1, 0.15) is 105 Å². The minimum Gasteiger partial charge on any atom is -0.292 e. The average molecular weight is 432 g/mol. The summed E-state index contributed by atoms with van der Waals surface area (Å²) in [5, 5.41) is 12.1. The van der Waals surface area contributed by atoms with Crippen molar-refractivity contribution >= 4 is 5.78 Å². The molecule has 4 fully saturated rings. The van der Waals surface area contributed by atoms with Gasteiger partial charge in [0.15, 0.2) is 0 Å². The third-order valence-corrected chi connectivity index (χ3v) is 10.9. The molecule has 4 aliphatic rings. The monoisotopic (exact) mass is 431 g/mol. The number of hydrogen-bond donors (Lipinski definition) is 0. The van der Waals surface area contributed by atoms with Crippen LogP contribution in [0.2, 0.25) is 0 Å². The summed E-state index contributed by atoms with van der Waals surface area (Å²) in [6, 6.07) is -0.948. The first-order valence-corrected chi connectivity index (χ1v) is 13.3. The Morgan fingerprint density at radius 2 is 1.65 bits per heavy atom. The number of nitrogens with zero attached hydrogens (tertiary/aromatic N) is 1. The first kappa shape index (κ1) is 23.2. The maximum absolute atomic E-state index is 13.8. The van der Waals surface area contributed by atoms with Gasteiger partial charge in [-0.3, -0.25) is 14.9 Å². The molecule has 0 spiro atoms. The number of fused-ring (bicyclic) bond motifs is 5. The van der Waals surface area contributed by atoms with Crippen LogP contribution in [0.4, 0.5) is 0 Å². The van der Waals surface area contributed by atoms with E-state index in [1.807, 2.05) is 0 Å². The molecular weight excluding hydrogens is 386 g/mol. The summed E-state index contributed by atoms with van der Waals surface area (Å²) in [5.41, 5.74) is 0.171. The summed E-state index contributed by atoms with van der Waals surface area (Å²) in [4.78, 5) is 25.7. The van der Waals surface area contributed by atoms with Crippen molar-refractivity contribution in [2.75, 3.05) is 0 Å². The second-order valence-corrected chi connectivity index (χ2v) is 12.8. The van der Waals surface area contributed by atoms with Crippen molar-refractivity contribution in [2.45, 2.75) is 111 Å². The fourth-order valence-corrected chi connectivity index (χ4v) is 9.31. The van der Waals surface area contributed by atoms with Gasteiger partial charge in [-0.05, 0) is 78.9 Å². The van der Waals surface area contributed by atoms with Crippen LogP contribution in [0.15, 0.2) is 0 Å². The zero-order valence-corrected chi connectivity index (χ0v) is 20.6. The van der Waals surface area contributed by atoms with Crippen LogP contribution in [-0.2, 0) is 4.79 Å². The summed E-state index contributed by atoms with van der Waals surface area (Å²) in [7, 11) is 0. The minimum atomic E-state index is -0.948. The van der Waals surface area contributed by atoms with E-state index in [2.05, 4.69) is 34.6 Å². The standard InChI is InChI=1S/C27H45NO3/c1-17(2)9-8-10-18(3)19-12-13-20-23-21(14-16-27(19,20)5)26(4)15-7-6-11-22(26)24(25(23)29)28(30)31/h17-24H,6-16H2,1-5H3/t18-,19+,20-,21-,22-,23+,24-,26-,27-/m1/s1. The van der Waals surface area contributed by atoms with Crippen molar-refractivity contribution in [3.05, 3.63) is 10.1 Å². The molecule has 4 aliphatic carbocycles. The van der Waals surface area contributed by atoms with E-state index in [4.69, 9.17) is 0 Å². The molecule has 31 heavy (non-hydrogen) atoms. The molecule has 0 aliphatic heterocycles. The number of nitro groups is 1. The molecule has 0 heterocycles. The Morgan fingerprint density at radius 1 is 0.935 bits per heavy atom. The lowest BCUT2D eigenvalue weighted by atomic mass is 9.43. The summed E-state index contributed by atoms with van der Waals surface area (Å²) in [6.45, 7) is 11.8. The van der Waals surface area contributed by atoms with Crippen molar-refractivity contribution in [3.63, 3.8) is 0 Å². The van der Waals surface area contributed by atoms with E-state index in [1.54, 1.807) is 0 Å². The van der Waals surface area contributed by atoms with Gasteiger partial charge in [0.1, 0.15) is 0 Å². The van der Waals surface area contributed by atoms with Crippen LogP contribution in [-0.4, -0.2) is 16.7 Å². The van der Waals surface area contributed by atoms with Crippen LogP contribution < -0.4 is 0 Å². The number of rotatable bonds is 6. The SMILES string of the molecule is CC(C)CCC[C@@H](C)[C@@H]1CC[C@@H]2[C@@H]3C(=O)[C@H]([N+](=O)[O-])[C@H]4CCCC[C@]4(C)[C@@H]3CC[C@@]21C. The van der Waals surface area contributed by atoms with E-state index in [9.17, 15) is 14.9 Å². The molecule has 4 rings (SSSR count). The van der Waals surface area contributed by atoms with Crippen molar-refractivity contribution in [1.82, 2.24) is 0 Å². The molecule has 4 heteroatoms. The molecule has 9 atom stereocenters. The highest BCUT2D eigenvalue weighted by Crippen LogP contribution is 2.67. The Bertz CT molecular complexity index is 705. The van der Waals surface area contributed by atoms with E-state index in [-0.39, 0.29) is 33.4 Å². The topological polar surface area (TPSA) is 60.2 Å². The van der Waals surface area contributed by atoms with Crippen molar-refractivity contribution < 1.29 is 9.72 Å². The fourth-order valence-electron chi connectivity index (χ4n) is 9.31. The summed E-state index contributed by atoms with van der Waals surface area (Å²) < 4.78 is 0. The highest BCUT2D eigenvalue weighted by molar-refractivity contribution is 5.87. The van der Waals surface area contributed by atoms with E-state index in [0.717, 1.165) is 38.0 Å². The van der Waals surface area contributed by atoms with E-state index in [0.29, 0.717) is 23.7 Å². The fraction of sp³-hybridized carbons (Fsp3) is 0.963. The van der Waals surface area contributed by atoms with Gasteiger partial charge < -0.3 is 0 Å². The Hall–Kier alpha value is -0.930. The quantitative estimate of drug-likeness (QED) is 0.338. The Kier molecular flexibility index (Phi) is 6.33. The molecule has 0 aromatic heterocycles. The van der Waals surface area contributed by atoms with E-state index in [1.165, 1.54) is 38.5 Å². The first-order valence-electron chi connectivity index (χ1n) is 13.3. The number of carbonyl (C=O) groups is 1. The van der Waals surface area contributed by atoms with Gasteiger partial charge in [-0.1, -0.05) is 66.7 Å². The largest absolute Gasteiger partial charge is 0.292 e. The summed E-state index contributed by atoms with van der Waals surface area (Å²) >= 11 is 0. The maximum Gasteiger partial charge on any atom is 0.273 e. The third-order valence-electron chi connectivity index (χ3n) is 10.9. The highest BCUT2D eigenvalue weighted by atomic mass is 16.6. The molecule has 4 saturated carbocycles. The average Bonchev–Trinajstić information content (AvgIpc) is 3.05. The van der Waals surface area contributed by atoms with Gasteiger partial charge in [-0.15, -0.1) is 0 Å². The second kappa shape index (κ2) is 8.45. The predicted molar refractivity (Wildman–Crippen MR) is 124 cm³/mol. The molecule has 0 unspecified atom stereocenters. The summed E-state index contributed by atoms with van der Waals surface area (Å²) in [5.74, 6) is 2.76. The molecule has 0 saturated heterocycles. The lowest BCUT2D eigenvalue weighted by molar-refractivity contribution is -0.526. The Balaban J connectivity index is 1.60. The highest BCUT2D eigenvalue weighted by Gasteiger charge is 2.67. The molecule has 0 N–H and O–H groups in total. The molecule has 0 radical (unpaired) electrons. The maximum atomic E-state index is 13.8. The molecule has 0 amide bonds. The lowest BCUT2D eigenvalue weighted by Gasteiger charge is -2.59. The van der Waals surface area contributed by atoms with Crippen LogP contribution in [0.3, 0.4) is 0 Å². The minimum absolute atomic E-state index is 0.0170. The van der Waals surface area contributed by atoms with Crippen molar-refractivity contribution in [1.29, 1.82) is 0 Å². The van der Waals surface area contributed by atoms with Gasteiger partial charge in [0.05, 0.1) is 0 Å². The first-order chi connectivity index (χ1) is 14.6. The normalized spacial score (nSPS) is 45.7. The zero-order chi connectivity index (χ0) is 22.6. The number of carbonyl (C=O) groups excluding carboxylic acids is 1. The van der Waals surface area contributed by atoms with Gasteiger partial charge in [0.2, 0.25) is 5.78 Å². The van der Waals surface area contributed by atoms with Crippen LogP contribution in [0.5, 0.6) is 0 Å². The van der Waals surface area contributed by atoms with Gasteiger partial charge in [0, 0.05) is 16.8 Å². The zero-order valence-electron chi connectivity index (χ0n) is 20.6. The molecule has 0 aromatic carbocycles.